The van der Waals surface area contributed by atoms with Crippen LogP contribution in [0.25, 0.3) is 0 Å². The van der Waals surface area contributed by atoms with Gasteiger partial charge in [0, 0.05) is 38.1 Å². The molecule has 1 heterocycles. The van der Waals surface area contributed by atoms with Gasteiger partial charge in [-0.15, -0.1) is 0 Å². The van der Waals surface area contributed by atoms with E-state index < -0.39 is 16.1 Å². The first-order valence-corrected chi connectivity index (χ1v) is 10.7. The van der Waals surface area contributed by atoms with Gasteiger partial charge in [0.25, 0.3) is 0 Å². The minimum Gasteiger partial charge on any atom is -0.314 e. The molecule has 2 amide bonds. The molecule has 2 rings (SSSR count). The molecule has 1 unspecified atom stereocenters. The van der Waals surface area contributed by atoms with Gasteiger partial charge in [-0.2, -0.15) is 4.31 Å². The highest BCUT2D eigenvalue weighted by molar-refractivity contribution is 7.88. The fourth-order valence-corrected chi connectivity index (χ4v) is 3.56. The van der Waals surface area contributed by atoms with Crippen LogP contribution < -0.4 is 15.1 Å². The normalized spacial score (nSPS) is 17.8. The number of nitrogens with zero attached hydrogens (tertiary/aromatic N) is 3. The van der Waals surface area contributed by atoms with Crippen molar-refractivity contribution in [3.8, 4) is 0 Å². The molecular formula is C18H28N4O4S. The molecule has 27 heavy (non-hydrogen) atoms. The molecule has 0 radical (unpaired) electrons. The minimum absolute atomic E-state index is 0.0523. The molecule has 9 heteroatoms. The van der Waals surface area contributed by atoms with Crippen LogP contribution in [0.4, 0.5) is 11.4 Å². The van der Waals surface area contributed by atoms with Gasteiger partial charge in [0.15, 0.2) is 0 Å². The van der Waals surface area contributed by atoms with Crippen LogP contribution in [-0.2, 0) is 19.6 Å². The van der Waals surface area contributed by atoms with E-state index in [4.69, 9.17) is 0 Å². The molecule has 150 valence electrons. The standard InChI is InChI=1S/C18H28N4O4S/c1-13(2)19-12-17(23)20(3)14-6-8-15(9-7-14)22-11-10-16(18(22)24)21(4)27(5,25)26/h6-9,13,16,19H,10-12H2,1-5H3. The zero-order chi connectivity index (χ0) is 20.4. The van der Waals surface area contributed by atoms with Gasteiger partial charge < -0.3 is 15.1 Å². The number of benzene rings is 1. The second-order valence-corrected chi connectivity index (χ2v) is 9.12. The summed E-state index contributed by atoms with van der Waals surface area (Å²) in [6.07, 6.45) is 1.54. The number of anilines is 2. The maximum absolute atomic E-state index is 12.6. The maximum atomic E-state index is 12.6. The lowest BCUT2D eigenvalue weighted by atomic mass is 10.2. The SMILES string of the molecule is CC(C)NCC(=O)N(C)c1ccc(N2CCC(N(C)S(C)(=O)=O)C2=O)cc1. The molecule has 1 fully saturated rings. The monoisotopic (exact) mass is 396 g/mol. The summed E-state index contributed by atoms with van der Waals surface area (Å²) in [5, 5.41) is 3.09. The first-order chi connectivity index (χ1) is 12.5. The largest absolute Gasteiger partial charge is 0.314 e. The van der Waals surface area contributed by atoms with Crippen LogP contribution in [0.1, 0.15) is 20.3 Å². The van der Waals surface area contributed by atoms with Crippen molar-refractivity contribution in [2.45, 2.75) is 32.4 Å². The molecule has 1 aromatic carbocycles. The van der Waals surface area contributed by atoms with Crippen molar-refractivity contribution in [2.24, 2.45) is 0 Å². The molecule has 1 aliphatic heterocycles. The van der Waals surface area contributed by atoms with Crippen LogP contribution in [0.2, 0.25) is 0 Å². The van der Waals surface area contributed by atoms with Crippen LogP contribution in [0, 0.1) is 0 Å². The second-order valence-electron chi connectivity index (χ2n) is 7.08. The molecule has 0 aliphatic carbocycles. The van der Waals surface area contributed by atoms with Crippen molar-refractivity contribution >= 4 is 33.2 Å². The Balaban J connectivity index is 2.07. The van der Waals surface area contributed by atoms with Crippen molar-refractivity contribution in [2.75, 3.05) is 43.2 Å². The average Bonchev–Trinajstić information content (AvgIpc) is 2.98. The van der Waals surface area contributed by atoms with Crippen LogP contribution in [0.5, 0.6) is 0 Å². The van der Waals surface area contributed by atoms with Gasteiger partial charge in [0.2, 0.25) is 21.8 Å². The minimum atomic E-state index is -3.43. The van der Waals surface area contributed by atoms with E-state index in [-0.39, 0.29) is 24.4 Å². The number of carbonyl (C=O) groups excluding carboxylic acids is 2. The van der Waals surface area contributed by atoms with Crippen molar-refractivity contribution in [1.29, 1.82) is 0 Å². The third-order valence-electron chi connectivity index (χ3n) is 4.72. The summed E-state index contributed by atoms with van der Waals surface area (Å²) < 4.78 is 24.5. The predicted molar refractivity (Wildman–Crippen MR) is 106 cm³/mol. The second kappa shape index (κ2) is 8.37. The maximum Gasteiger partial charge on any atom is 0.245 e. The Labute approximate surface area is 161 Å². The number of hydrogen-bond acceptors (Lipinski definition) is 5. The van der Waals surface area contributed by atoms with E-state index in [1.807, 2.05) is 13.8 Å². The summed E-state index contributed by atoms with van der Waals surface area (Å²) in [5.41, 5.74) is 1.42. The summed E-state index contributed by atoms with van der Waals surface area (Å²) in [7, 11) is -0.296. The highest BCUT2D eigenvalue weighted by atomic mass is 32.2. The lowest BCUT2D eigenvalue weighted by Gasteiger charge is -2.23. The van der Waals surface area contributed by atoms with E-state index >= 15 is 0 Å². The zero-order valence-electron chi connectivity index (χ0n) is 16.5. The van der Waals surface area contributed by atoms with Gasteiger partial charge in [0.1, 0.15) is 6.04 Å². The fourth-order valence-electron chi connectivity index (χ4n) is 2.90. The topological polar surface area (TPSA) is 90.0 Å². The molecule has 0 bridgehead atoms. The fraction of sp³-hybridized carbons (Fsp3) is 0.556. The van der Waals surface area contributed by atoms with Gasteiger partial charge >= 0.3 is 0 Å². The molecule has 1 aromatic rings. The molecule has 1 saturated heterocycles. The lowest BCUT2D eigenvalue weighted by Crippen LogP contribution is -2.42. The predicted octanol–water partition coefficient (Wildman–Crippen LogP) is 0.644. The highest BCUT2D eigenvalue weighted by Crippen LogP contribution is 2.27. The van der Waals surface area contributed by atoms with Crippen LogP contribution in [0.15, 0.2) is 24.3 Å². The number of amides is 2. The summed E-state index contributed by atoms with van der Waals surface area (Å²) in [4.78, 5) is 27.9. The van der Waals surface area contributed by atoms with Crippen LogP contribution in [-0.4, -0.2) is 70.1 Å². The highest BCUT2D eigenvalue weighted by Gasteiger charge is 2.38. The number of rotatable bonds is 7. The summed E-state index contributed by atoms with van der Waals surface area (Å²) in [5.74, 6) is -0.287. The molecular weight excluding hydrogens is 368 g/mol. The van der Waals surface area contributed by atoms with Crippen molar-refractivity contribution < 1.29 is 18.0 Å². The molecule has 1 aliphatic rings. The molecule has 0 aromatic heterocycles. The number of sulfonamides is 1. The Kier molecular flexibility index (Phi) is 6.61. The van der Waals surface area contributed by atoms with Gasteiger partial charge in [-0.3, -0.25) is 9.59 Å². The van der Waals surface area contributed by atoms with Crippen molar-refractivity contribution in [3.63, 3.8) is 0 Å². The molecule has 8 nitrogen and oxygen atoms in total. The third kappa shape index (κ3) is 5.06. The smallest absolute Gasteiger partial charge is 0.245 e. The number of carbonyl (C=O) groups is 2. The molecule has 1 atom stereocenters. The Morgan fingerprint density at radius 2 is 1.85 bits per heavy atom. The van der Waals surface area contributed by atoms with E-state index in [0.717, 1.165) is 16.2 Å². The Hall–Kier alpha value is -1.97. The van der Waals surface area contributed by atoms with Gasteiger partial charge in [0.05, 0.1) is 12.8 Å². The first kappa shape index (κ1) is 21.3. The summed E-state index contributed by atoms with van der Waals surface area (Å²) >= 11 is 0. The number of likely N-dealkylation sites (N-methyl/N-ethyl adjacent to an activating group) is 2. The van der Waals surface area contributed by atoms with E-state index in [2.05, 4.69) is 5.32 Å². The Morgan fingerprint density at radius 3 is 2.37 bits per heavy atom. The molecule has 0 spiro atoms. The first-order valence-electron chi connectivity index (χ1n) is 8.86. The van der Waals surface area contributed by atoms with Crippen LogP contribution in [0.3, 0.4) is 0 Å². The number of nitrogens with one attached hydrogen (secondary N) is 1. The zero-order valence-corrected chi connectivity index (χ0v) is 17.3. The van der Waals surface area contributed by atoms with Crippen LogP contribution >= 0.6 is 0 Å². The summed E-state index contributed by atoms with van der Waals surface area (Å²) in [6.45, 7) is 4.66. The van der Waals surface area contributed by atoms with E-state index in [0.29, 0.717) is 18.7 Å². The van der Waals surface area contributed by atoms with E-state index in [1.165, 1.54) is 7.05 Å². The Bertz CT molecular complexity index is 792. The quantitative estimate of drug-likeness (QED) is 0.731. The molecule has 1 N–H and O–H groups in total. The van der Waals surface area contributed by atoms with Gasteiger partial charge in [-0.25, -0.2) is 8.42 Å². The van der Waals surface area contributed by atoms with Crippen molar-refractivity contribution in [3.05, 3.63) is 24.3 Å². The molecule has 0 saturated carbocycles. The average molecular weight is 397 g/mol. The lowest BCUT2D eigenvalue weighted by molar-refractivity contribution is -0.120. The Morgan fingerprint density at radius 1 is 1.26 bits per heavy atom. The van der Waals surface area contributed by atoms with Crippen molar-refractivity contribution in [1.82, 2.24) is 9.62 Å². The summed E-state index contributed by atoms with van der Waals surface area (Å²) in [6, 6.07) is 6.66. The van der Waals surface area contributed by atoms with Gasteiger partial charge in [-0.1, -0.05) is 13.8 Å². The van der Waals surface area contributed by atoms with E-state index in [1.54, 1.807) is 41.1 Å². The third-order valence-corrected chi connectivity index (χ3v) is 6.02. The van der Waals surface area contributed by atoms with E-state index in [9.17, 15) is 18.0 Å². The van der Waals surface area contributed by atoms with Gasteiger partial charge in [-0.05, 0) is 30.7 Å². The number of hydrogen-bond donors (Lipinski definition) is 1.